The van der Waals surface area contributed by atoms with Gasteiger partial charge in [0.1, 0.15) is 23.2 Å². The number of fused-ring (bicyclic) bond motifs is 1. The number of aromatic nitrogens is 3. The van der Waals surface area contributed by atoms with E-state index >= 15 is 0 Å². The van der Waals surface area contributed by atoms with Gasteiger partial charge >= 0.3 is 16.8 Å². The predicted octanol–water partition coefficient (Wildman–Crippen LogP) is 4.57. The number of nitrogens with zero attached hydrogens (tertiary/aromatic N) is 2. The molecule has 0 radical (unpaired) electrons. The number of H-pyrrole nitrogens is 1. The summed E-state index contributed by atoms with van der Waals surface area (Å²) in [5.74, 6) is -1.12. The molecular weight excluding hydrogens is 598 g/mol. The number of carbonyl (C=O) groups is 2. The fraction of sp³-hybridized carbons (Fsp3) is 0.182. The van der Waals surface area contributed by atoms with Crippen molar-refractivity contribution >= 4 is 39.4 Å². The zero-order chi connectivity index (χ0) is 31.6. The number of rotatable bonds is 9. The topological polar surface area (TPSA) is 139 Å². The monoisotopic (exact) mass is 625 g/mol. The van der Waals surface area contributed by atoms with Crippen LogP contribution in [-0.2, 0) is 18.9 Å². The molecule has 5 aromatic rings. The number of benzene rings is 3. The molecule has 12 heteroatoms. The van der Waals surface area contributed by atoms with E-state index in [1.165, 1.54) is 10.9 Å². The van der Waals surface area contributed by atoms with E-state index in [2.05, 4.69) is 16.5 Å². The molecule has 0 amide bonds. The van der Waals surface area contributed by atoms with E-state index in [4.69, 9.17) is 18.9 Å². The molecule has 0 spiro atoms. The molecule has 1 fully saturated rings. The lowest BCUT2D eigenvalue weighted by Crippen LogP contribution is -2.50. The number of thiazole rings is 1. The van der Waals surface area contributed by atoms with Crippen molar-refractivity contribution in [3.63, 3.8) is 0 Å². The molecular formula is C33H27N3O8S. The highest BCUT2D eigenvalue weighted by Gasteiger charge is 2.60. The summed E-state index contributed by atoms with van der Waals surface area (Å²) in [4.78, 5) is 58.6. The smallest absolute Gasteiger partial charge is 0.338 e. The average Bonchev–Trinajstić information content (AvgIpc) is 3.53. The molecule has 0 bridgehead atoms. The number of esters is 2. The third kappa shape index (κ3) is 5.80. The highest BCUT2D eigenvalue weighted by atomic mass is 32.1. The largest absolute Gasteiger partial charge is 0.479 e. The number of hydrogen-bond acceptors (Lipinski definition) is 10. The number of carbonyl (C=O) groups excluding carboxylic acids is 2. The lowest BCUT2D eigenvalue weighted by atomic mass is 9.95. The van der Waals surface area contributed by atoms with Gasteiger partial charge in [-0.2, -0.15) is 0 Å². The van der Waals surface area contributed by atoms with E-state index in [9.17, 15) is 19.2 Å². The number of aromatic amines is 1. The Bertz CT molecular complexity index is 1970. The van der Waals surface area contributed by atoms with Crippen molar-refractivity contribution < 1.29 is 28.5 Å². The third-order valence-corrected chi connectivity index (χ3v) is 8.35. The van der Waals surface area contributed by atoms with Crippen LogP contribution in [0.3, 0.4) is 0 Å². The van der Waals surface area contributed by atoms with Crippen LogP contribution in [0.2, 0.25) is 0 Å². The van der Waals surface area contributed by atoms with Crippen LogP contribution in [0.1, 0.15) is 39.4 Å². The quantitative estimate of drug-likeness (QED) is 0.184. The Balaban J connectivity index is 1.45. The summed E-state index contributed by atoms with van der Waals surface area (Å²) in [6, 6.07) is 25.7. The van der Waals surface area contributed by atoms with E-state index in [1.807, 2.05) is 6.07 Å². The fourth-order valence-corrected chi connectivity index (χ4v) is 6.07. The summed E-state index contributed by atoms with van der Waals surface area (Å²) >= 11 is 0.687. The van der Waals surface area contributed by atoms with Crippen LogP contribution in [0.4, 0.5) is 0 Å². The minimum absolute atomic E-state index is 0.0500. The fourth-order valence-electron chi connectivity index (χ4n) is 5.22. The Labute approximate surface area is 260 Å². The van der Waals surface area contributed by atoms with Crippen molar-refractivity contribution in [3.05, 3.63) is 141 Å². The molecule has 1 N–H and O–H groups in total. The maximum Gasteiger partial charge on any atom is 0.338 e. The van der Waals surface area contributed by atoms with Gasteiger partial charge < -0.3 is 23.9 Å². The summed E-state index contributed by atoms with van der Waals surface area (Å²) in [5.41, 5.74) is -0.906. The van der Waals surface area contributed by atoms with Crippen molar-refractivity contribution in [2.45, 2.75) is 31.0 Å². The van der Waals surface area contributed by atoms with Gasteiger partial charge in [-0.15, -0.1) is 0 Å². The minimum Gasteiger partial charge on any atom is -0.479 e. The summed E-state index contributed by atoms with van der Waals surface area (Å²) in [7, 11) is 0. The SMILES string of the molecule is C=C(O[C@]1(C)[C@H](OC(=O)c2ccccc2)[C@@H](COC(=O)c2ccccc2)O[C@H]1n1c(=O)sc2c(=O)[nH]cnc21)c1ccccc1. The summed E-state index contributed by atoms with van der Waals surface area (Å²) < 4.78 is 25.9. The maximum atomic E-state index is 13.5. The van der Waals surface area contributed by atoms with E-state index in [0.717, 1.165) is 0 Å². The van der Waals surface area contributed by atoms with Gasteiger partial charge in [0.2, 0.25) is 0 Å². The molecule has 6 rings (SSSR count). The molecule has 2 aromatic heterocycles. The first kappa shape index (κ1) is 29.7. The van der Waals surface area contributed by atoms with Crippen molar-refractivity contribution in [1.82, 2.24) is 14.5 Å². The Morgan fingerprint density at radius 2 is 1.51 bits per heavy atom. The second-order valence-corrected chi connectivity index (χ2v) is 11.3. The first-order valence-electron chi connectivity index (χ1n) is 13.9. The Morgan fingerprint density at radius 3 is 2.13 bits per heavy atom. The molecule has 1 aliphatic rings. The zero-order valence-corrected chi connectivity index (χ0v) is 24.8. The number of ether oxygens (including phenoxy) is 4. The normalized spacial score (nSPS) is 20.9. The van der Waals surface area contributed by atoms with Gasteiger partial charge in [-0.1, -0.05) is 84.6 Å². The van der Waals surface area contributed by atoms with Crippen LogP contribution in [0, 0.1) is 0 Å². The van der Waals surface area contributed by atoms with Crippen LogP contribution in [0.15, 0.2) is 113 Å². The molecule has 45 heavy (non-hydrogen) atoms. The van der Waals surface area contributed by atoms with E-state index in [0.29, 0.717) is 22.5 Å². The lowest BCUT2D eigenvalue weighted by molar-refractivity contribution is -0.0965. The van der Waals surface area contributed by atoms with Gasteiger partial charge in [-0.25, -0.2) is 14.6 Å². The molecule has 1 saturated heterocycles. The van der Waals surface area contributed by atoms with Crippen LogP contribution in [0.25, 0.3) is 16.1 Å². The first-order valence-corrected chi connectivity index (χ1v) is 14.7. The Hall–Kier alpha value is -5.33. The predicted molar refractivity (Wildman–Crippen MR) is 166 cm³/mol. The lowest BCUT2D eigenvalue weighted by Gasteiger charge is -2.36. The van der Waals surface area contributed by atoms with Crippen LogP contribution < -0.4 is 10.4 Å². The van der Waals surface area contributed by atoms with E-state index in [1.54, 1.807) is 91.9 Å². The van der Waals surface area contributed by atoms with Gasteiger partial charge in [-0.3, -0.25) is 14.2 Å². The molecule has 0 aliphatic carbocycles. The molecule has 0 saturated carbocycles. The number of hydrogen-bond donors (Lipinski definition) is 1. The molecule has 4 atom stereocenters. The van der Waals surface area contributed by atoms with Crippen molar-refractivity contribution in [2.24, 2.45) is 0 Å². The van der Waals surface area contributed by atoms with Gasteiger partial charge in [0.25, 0.3) is 5.56 Å². The molecule has 3 heterocycles. The molecule has 1 aliphatic heterocycles. The average molecular weight is 626 g/mol. The maximum absolute atomic E-state index is 13.5. The highest BCUT2D eigenvalue weighted by molar-refractivity contribution is 7.16. The van der Waals surface area contributed by atoms with Crippen molar-refractivity contribution in [2.75, 3.05) is 6.61 Å². The third-order valence-electron chi connectivity index (χ3n) is 7.41. The van der Waals surface area contributed by atoms with Crippen LogP contribution >= 0.6 is 11.3 Å². The molecule has 11 nitrogen and oxygen atoms in total. The van der Waals surface area contributed by atoms with Gasteiger partial charge in [0.05, 0.1) is 17.5 Å². The summed E-state index contributed by atoms with van der Waals surface area (Å²) in [6.45, 7) is 5.35. The first-order chi connectivity index (χ1) is 21.8. The summed E-state index contributed by atoms with van der Waals surface area (Å²) in [5, 5.41) is 0. The van der Waals surface area contributed by atoms with Gasteiger partial charge in [0.15, 0.2) is 23.6 Å². The molecule has 3 aromatic carbocycles. The Morgan fingerprint density at radius 1 is 0.933 bits per heavy atom. The van der Waals surface area contributed by atoms with E-state index in [-0.39, 0.29) is 28.3 Å². The minimum atomic E-state index is -1.65. The number of nitrogens with one attached hydrogen (secondary N) is 1. The molecule has 0 unspecified atom stereocenters. The highest BCUT2D eigenvalue weighted by Crippen LogP contribution is 2.46. The Kier molecular flexibility index (Phi) is 8.16. The van der Waals surface area contributed by atoms with Gasteiger partial charge in [0, 0.05) is 5.56 Å². The second kappa shape index (κ2) is 12.3. The second-order valence-electron chi connectivity index (χ2n) is 10.4. The van der Waals surface area contributed by atoms with Crippen molar-refractivity contribution in [1.29, 1.82) is 0 Å². The zero-order valence-electron chi connectivity index (χ0n) is 24.0. The van der Waals surface area contributed by atoms with Crippen LogP contribution in [0.5, 0.6) is 0 Å². The van der Waals surface area contributed by atoms with Crippen molar-refractivity contribution in [3.8, 4) is 0 Å². The summed E-state index contributed by atoms with van der Waals surface area (Å²) in [6.07, 6.45) is -2.49. The standard InChI is InChI=1S/C33H27N3O8S/c1-20(21-12-6-3-7-13-21)44-33(2)26(43-30(39)23-16-10-5-11-17-23)24(18-41-29(38)22-14-8-4-9-15-22)42-31(33)36-27-25(45-32(36)40)28(37)35-19-34-27/h3-17,19,24,26,31H,1,18H2,2H3,(H,34,35,37)/t24-,26-,31-,33-/m1/s1. The van der Waals surface area contributed by atoms with Crippen LogP contribution in [-0.4, -0.2) is 50.9 Å². The van der Waals surface area contributed by atoms with Gasteiger partial charge in [-0.05, 0) is 31.2 Å². The molecule has 228 valence electrons. The van der Waals surface area contributed by atoms with E-state index < -0.39 is 46.4 Å².